The minimum atomic E-state index is 0.0363. The van der Waals surface area contributed by atoms with Crippen molar-refractivity contribution in [3.8, 4) is 5.75 Å². The topological polar surface area (TPSA) is 44.5 Å². The van der Waals surface area contributed by atoms with E-state index in [-0.39, 0.29) is 6.10 Å². The lowest BCUT2D eigenvalue weighted by Crippen LogP contribution is -2.23. The zero-order valence-corrected chi connectivity index (χ0v) is 9.03. The monoisotopic (exact) mass is 207 g/mol. The minimum absolute atomic E-state index is 0.0363. The maximum absolute atomic E-state index is 5.68. The van der Waals surface area contributed by atoms with Crippen molar-refractivity contribution < 1.29 is 9.47 Å². The van der Waals surface area contributed by atoms with Gasteiger partial charge in [-0.25, -0.2) is 0 Å². The Hall–Kier alpha value is -1.06. The van der Waals surface area contributed by atoms with Gasteiger partial charge in [0, 0.05) is 12.1 Å². The van der Waals surface area contributed by atoms with Crippen LogP contribution in [0.1, 0.15) is 24.2 Å². The summed E-state index contributed by atoms with van der Waals surface area (Å²) in [4.78, 5) is 0. The van der Waals surface area contributed by atoms with Crippen molar-refractivity contribution >= 4 is 0 Å². The molecule has 0 aromatic heterocycles. The Morgan fingerprint density at radius 1 is 1.53 bits per heavy atom. The van der Waals surface area contributed by atoms with E-state index >= 15 is 0 Å². The second kappa shape index (κ2) is 4.64. The van der Waals surface area contributed by atoms with Gasteiger partial charge in [0.2, 0.25) is 0 Å². The first-order valence-corrected chi connectivity index (χ1v) is 5.43. The van der Waals surface area contributed by atoms with Crippen LogP contribution in [0.5, 0.6) is 5.75 Å². The Labute approximate surface area is 90.2 Å². The molecule has 0 unspecified atom stereocenters. The highest BCUT2D eigenvalue weighted by Crippen LogP contribution is 2.32. The molecule has 3 heteroatoms. The molecule has 3 nitrogen and oxygen atoms in total. The third-order valence-electron chi connectivity index (χ3n) is 2.70. The lowest BCUT2D eigenvalue weighted by molar-refractivity contribution is 0.0475. The molecule has 0 amide bonds. The third-order valence-corrected chi connectivity index (χ3v) is 2.70. The highest BCUT2D eigenvalue weighted by atomic mass is 16.5. The maximum Gasteiger partial charge on any atom is 0.122 e. The predicted molar refractivity (Wildman–Crippen MR) is 59.1 cm³/mol. The normalized spacial score (nSPS) is 19.7. The number of hydrogen-bond donors (Lipinski definition) is 1. The van der Waals surface area contributed by atoms with Gasteiger partial charge >= 0.3 is 0 Å². The van der Waals surface area contributed by atoms with E-state index in [0.717, 1.165) is 18.8 Å². The molecule has 0 saturated carbocycles. The van der Waals surface area contributed by atoms with Crippen molar-refractivity contribution in [2.75, 3.05) is 19.8 Å². The zero-order chi connectivity index (χ0) is 10.7. The summed E-state index contributed by atoms with van der Waals surface area (Å²) in [7, 11) is 0. The summed E-state index contributed by atoms with van der Waals surface area (Å²) >= 11 is 0. The van der Waals surface area contributed by atoms with Gasteiger partial charge in [-0.15, -0.1) is 0 Å². The number of nitrogens with two attached hydrogens (primary N) is 1. The Bertz CT molecular complexity index is 338. The summed E-state index contributed by atoms with van der Waals surface area (Å²) in [6, 6.07) is 6.09. The molecule has 1 heterocycles. The first-order valence-electron chi connectivity index (χ1n) is 5.43. The highest BCUT2D eigenvalue weighted by molar-refractivity contribution is 5.42. The molecular weight excluding hydrogens is 190 g/mol. The molecular formula is C12H17NO2. The molecule has 1 aliphatic rings. The van der Waals surface area contributed by atoms with Gasteiger partial charge in [-0.2, -0.15) is 0 Å². The van der Waals surface area contributed by atoms with Gasteiger partial charge in [0.15, 0.2) is 0 Å². The van der Waals surface area contributed by atoms with Gasteiger partial charge in [-0.05, 0) is 25.0 Å². The van der Waals surface area contributed by atoms with E-state index in [4.69, 9.17) is 15.2 Å². The van der Waals surface area contributed by atoms with E-state index < -0.39 is 0 Å². The Morgan fingerprint density at radius 3 is 3.13 bits per heavy atom. The molecule has 15 heavy (non-hydrogen) atoms. The van der Waals surface area contributed by atoms with Crippen LogP contribution in [-0.4, -0.2) is 19.8 Å². The van der Waals surface area contributed by atoms with Gasteiger partial charge in [-0.1, -0.05) is 12.1 Å². The van der Waals surface area contributed by atoms with Gasteiger partial charge in [0.25, 0.3) is 0 Å². The Morgan fingerprint density at radius 2 is 2.40 bits per heavy atom. The van der Waals surface area contributed by atoms with Crippen molar-refractivity contribution in [2.45, 2.75) is 19.4 Å². The van der Waals surface area contributed by atoms with Crippen LogP contribution < -0.4 is 10.5 Å². The van der Waals surface area contributed by atoms with E-state index in [0.29, 0.717) is 13.2 Å². The number of benzene rings is 1. The molecule has 1 atom stereocenters. The molecule has 1 aromatic rings. The van der Waals surface area contributed by atoms with Crippen LogP contribution in [0, 0.1) is 0 Å². The molecule has 1 aliphatic heterocycles. The van der Waals surface area contributed by atoms with Crippen LogP contribution in [0.4, 0.5) is 0 Å². The average molecular weight is 207 g/mol. The van der Waals surface area contributed by atoms with Crippen molar-refractivity contribution in [2.24, 2.45) is 5.73 Å². The van der Waals surface area contributed by atoms with Crippen molar-refractivity contribution in [1.82, 2.24) is 0 Å². The lowest BCUT2D eigenvalue weighted by atomic mass is 9.96. The van der Waals surface area contributed by atoms with E-state index in [1.54, 1.807) is 0 Å². The lowest BCUT2D eigenvalue weighted by Gasteiger charge is -2.26. The summed E-state index contributed by atoms with van der Waals surface area (Å²) < 4.78 is 11.2. The van der Waals surface area contributed by atoms with E-state index in [2.05, 4.69) is 6.07 Å². The Kier molecular flexibility index (Phi) is 3.23. The predicted octanol–water partition coefficient (Wildman–Crippen LogP) is 1.66. The fourth-order valence-corrected chi connectivity index (χ4v) is 2.03. The van der Waals surface area contributed by atoms with E-state index in [9.17, 15) is 0 Å². The van der Waals surface area contributed by atoms with Crippen molar-refractivity contribution in [1.29, 1.82) is 0 Å². The van der Waals surface area contributed by atoms with E-state index in [1.165, 1.54) is 11.1 Å². The Balaban J connectivity index is 2.37. The second-order valence-corrected chi connectivity index (χ2v) is 3.60. The first kappa shape index (κ1) is 10.5. The molecule has 0 radical (unpaired) electrons. The van der Waals surface area contributed by atoms with Gasteiger partial charge in [0.1, 0.15) is 5.75 Å². The summed E-state index contributed by atoms with van der Waals surface area (Å²) in [5, 5.41) is 0. The smallest absolute Gasteiger partial charge is 0.122 e. The standard InChI is InChI=1S/C12H17NO2/c1-2-14-11-5-3-4-9-10(11)6-7-15-12(9)8-13/h3-5,12H,2,6-8,13H2,1H3/t12-/m0/s1. The molecule has 0 aliphatic carbocycles. The van der Waals surface area contributed by atoms with E-state index in [1.807, 2.05) is 19.1 Å². The van der Waals surface area contributed by atoms with Crippen LogP contribution in [0.3, 0.4) is 0 Å². The SMILES string of the molecule is CCOc1cccc2c1CCO[C@H]2CN. The van der Waals surface area contributed by atoms with Gasteiger partial charge < -0.3 is 15.2 Å². The summed E-state index contributed by atoms with van der Waals surface area (Å²) in [6.07, 6.45) is 0.955. The quantitative estimate of drug-likeness (QED) is 0.819. The summed E-state index contributed by atoms with van der Waals surface area (Å²) in [5.41, 5.74) is 8.13. The van der Waals surface area contributed by atoms with Crippen LogP contribution >= 0.6 is 0 Å². The molecule has 2 N–H and O–H groups in total. The molecule has 82 valence electrons. The highest BCUT2D eigenvalue weighted by Gasteiger charge is 2.21. The van der Waals surface area contributed by atoms with Crippen molar-refractivity contribution in [3.63, 3.8) is 0 Å². The number of hydrogen-bond acceptors (Lipinski definition) is 3. The molecule has 0 fully saturated rings. The summed E-state index contributed by atoms with van der Waals surface area (Å²) in [6.45, 7) is 3.96. The van der Waals surface area contributed by atoms with Crippen molar-refractivity contribution in [3.05, 3.63) is 29.3 Å². The molecule has 1 aromatic carbocycles. The van der Waals surface area contributed by atoms with Crippen LogP contribution in [-0.2, 0) is 11.2 Å². The number of fused-ring (bicyclic) bond motifs is 1. The first-order chi connectivity index (χ1) is 7.36. The minimum Gasteiger partial charge on any atom is -0.494 e. The molecule has 0 spiro atoms. The zero-order valence-electron chi connectivity index (χ0n) is 9.03. The van der Waals surface area contributed by atoms with Crippen LogP contribution in [0.2, 0.25) is 0 Å². The molecule has 2 rings (SSSR count). The number of ether oxygens (including phenoxy) is 2. The third kappa shape index (κ3) is 1.98. The largest absolute Gasteiger partial charge is 0.494 e. The average Bonchev–Trinajstić information content (AvgIpc) is 2.29. The molecule has 0 bridgehead atoms. The fraction of sp³-hybridized carbons (Fsp3) is 0.500. The second-order valence-electron chi connectivity index (χ2n) is 3.60. The number of rotatable bonds is 3. The maximum atomic E-state index is 5.68. The van der Waals surface area contributed by atoms with Crippen LogP contribution in [0.15, 0.2) is 18.2 Å². The van der Waals surface area contributed by atoms with Gasteiger partial charge in [0.05, 0.1) is 19.3 Å². The van der Waals surface area contributed by atoms with Crippen LogP contribution in [0.25, 0.3) is 0 Å². The fourth-order valence-electron chi connectivity index (χ4n) is 2.03. The summed E-state index contributed by atoms with van der Waals surface area (Å²) in [5.74, 6) is 0.983. The molecule has 0 saturated heterocycles. The van der Waals surface area contributed by atoms with Gasteiger partial charge in [-0.3, -0.25) is 0 Å².